The van der Waals surface area contributed by atoms with Crippen LogP contribution in [0.4, 0.5) is 0 Å². The van der Waals surface area contributed by atoms with Crippen molar-refractivity contribution < 1.29 is 59.0 Å². The molecule has 2 aliphatic rings. The van der Waals surface area contributed by atoms with Crippen molar-refractivity contribution in [2.45, 2.75) is 61.4 Å². The number of aliphatic hydroxyl groups excluding tert-OH is 4. The van der Waals surface area contributed by atoms with E-state index in [-0.39, 0.29) is 6.61 Å². The molecule has 10 atom stereocenters. The lowest BCUT2D eigenvalue weighted by molar-refractivity contribution is -0.394. The monoisotopic (exact) mass is 400 g/mol. The third-order valence-electron chi connectivity index (χ3n) is 4.72. The van der Waals surface area contributed by atoms with E-state index in [1.54, 1.807) is 0 Å². The van der Waals surface area contributed by atoms with Gasteiger partial charge >= 0.3 is 0 Å². The summed E-state index contributed by atoms with van der Waals surface area (Å²) in [5, 5.41) is 49.3. The van der Waals surface area contributed by atoms with Crippen molar-refractivity contribution in [3.8, 4) is 0 Å². The van der Waals surface area contributed by atoms with Gasteiger partial charge in [0.2, 0.25) is 0 Å². The molecule has 12 heteroatoms. The fourth-order valence-electron chi connectivity index (χ4n) is 3.32. The maximum absolute atomic E-state index is 10.5. The van der Waals surface area contributed by atoms with Gasteiger partial charge in [0.25, 0.3) is 0 Å². The summed E-state index contributed by atoms with van der Waals surface area (Å²) in [4.78, 5) is 4.29. The number of hydrogen-bond donors (Lipinski definition) is 5. The number of rotatable bonds is 8. The minimum Gasteiger partial charge on any atom is -0.394 e. The zero-order valence-corrected chi connectivity index (χ0v) is 15.3. The second-order valence-corrected chi connectivity index (χ2v) is 6.30. The van der Waals surface area contributed by atoms with Gasteiger partial charge in [-0.15, -0.1) is 0 Å². The molecular weight excluding hydrogens is 372 g/mol. The second kappa shape index (κ2) is 10.3. The standard InChI is InChI=1S/C15H28O12/c1-21-5-7-11(27-20)9(18)13(23-3)15(25-7)26-10-6(4-16)24-14(19)12(22-2)8(10)17/h6-20H,4-5H2,1-3H3/t6-,7?,8?,9-,10+,11+,12?,13?,14+,15-/m0/s1. The van der Waals surface area contributed by atoms with E-state index in [9.17, 15) is 20.4 Å². The first-order valence-electron chi connectivity index (χ1n) is 8.39. The van der Waals surface area contributed by atoms with Crippen molar-refractivity contribution in [3.05, 3.63) is 0 Å². The topological polar surface area (TPSA) is 166 Å². The zero-order valence-electron chi connectivity index (χ0n) is 15.3. The van der Waals surface area contributed by atoms with Crippen molar-refractivity contribution >= 4 is 0 Å². The van der Waals surface area contributed by atoms with Crippen molar-refractivity contribution in [1.82, 2.24) is 0 Å². The lowest BCUT2D eigenvalue weighted by Crippen LogP contribution is -2.65. The van der Waals surface area contributed by atoms with Gasteiger partial charge in [-0.3, -0.25) is 5.26 Å². The molecule has 2 fully saturated rings. The zero-order chi connectivity index (χ0) is 20.1. The molecule has 5 N–H and O–H groups in total. The lowest BCUT2D eigenvalue weighted by Gasteiger charge is -2.46. The van der Waals surface area contributed by atoms with Gasteiger partial charge in [-0.1, -0.05) is 0 Å². The Labute approximate surface area is 156 Å². The Morgan fingerprint density at radius 2 is 1.44 bits per heavy atom. The van der Waals surface area contributed by atoms with Crippen molar-refractivity contribution in [3.63, 3.8) is 0 Å². The lowest BCUT2D eigenvalue weighted by atomic mass is 9.97. The highest BCUT2D eigenvalue weighted by Gasteiger charge is 2.52. The summed E-state index contributed by atoms with van der Waals surface area (Å²) in [7, 11) is 3.96. The predicted molar refractivity (Wildman–Crippen MR) is 84.5 cm³/mol. The van der Waals surface area contributed by atoms with E-state index >= 15 is 0 Å². The Kier molecular flexibility index (Phi) is 8.73. The van der Waals surface area contributed by atoms with Gasteiger partial charge < -0.3 is 48.8 Å². The van der Waals surface area contributed by atoms with Crippen LogP contribution in [0, 0.1) is 0 Å². The number of hydrogen-bond acceptors (Lipinski definition) is 12. The van der Waals surface area contributed by atoms with E-state index < -0.39 is 68.0 Å². The van der Waals surface area contributed by atoms with Crippen LogP contribution in [-0.4, -0.2) is 122 Å². The Balaban J connectivity index is 2.20. The molecule has 0 bridgehead atoms. The molecule has 2 saturated heterocycles. The first kappa shape index (κ1) is 22.8. The summed E-state index contributed by atoms with van der Waals surface area (Å²) in [6.07, 6.45) is -12.0. The summed E-state index contributed by atoms with van der Waals surface area (Å²) in [5.74, 6) is 0. The quantitative estimate of drug-likeness (QED) is 0.208. The Morgan fingerprint density at radius 1 is 0.815 bits per heavy atom. The second-order valence-electron chi connectivity index (χ2n) is 6.30. The van der Waals surface area contributed by atoms with Crippen LogP contribution in [0.25, 0.3) is 0 Å². The molecule has 0 amide bonds. The summed E-state index contributed by atoms with van der Waals surface area (Å²) >= 11 is 0. The van der Waals surface area contributed by atoms with Crippen molar-refractivity contribution in [1.29, 1.82) is 0 Å². The Bertz CT molecular complexity index is 437. The number of methoxy groups -OCH3 is 3. The van der Waals surface area contributed by atoms with E-state index in [1.807, 2.05) is 0 Å². The maximum atomic E-state index is 10.5. The van der Waals surface area contributed by atoms with Crippen LogP contribution in [-0.2, 0) is 33.3 Å². The van der Waals surface area contributed by atoms with Crippen molar-refractivity contribution in [2.75, 3.05) is 34.5 Å². The molecule has 2 heterocycles. The van der Waals surface area contributed by atoms with Crippen LogP contribution in [0.3, 0.4) is 0 Å². The van der Waals surface area contributed by atoms with E-state index in [1.165, 1.54) is 21.3 Å². The SMILES string of the molecule is COCC1O[C@@H](O[C@H]2C(O)C(OC)[C@H](O)O[C@H]2CO)C(OC)[C@@H](O)[C@@H]1OO. The fourth-order valence-corrected chi connectivity index (χ4v) is 3.32. The Morgan fingerprint density at radius 3 is 1.96 bits per heavy atom. The maximum Gasteiger partial charge on any atom is 0.187 e. The molecule has 12 nitrogen and oxygen atoms in total. The summed E-state index contributed by atoms with van der Waals surface area (Å²) < 4.78 is 31.8. The average Bonchev–Trinajstić information content (AvgIpc) is 2.64. The van der Waals surface area contributed by atoms with E-state index in [2.05, 4.69) is 4.89 Å². The first-order valence-corrected chi connectivity index (χ1v) is 8.39. The van der Waals surface area contributed by atoms with E-state index in [0.717, 1.165) is 0 Å². The minimum atomic E-state index is -1.47. The van der Waals surface area contributed by atoms with Gasteiger partial charge in [0.05, 0.1) is 13.2 Å². The molecule has 4 unspecified atom stereocenters. The third-order valence-corrected chi connectivity index (χ3v) is 4.72. The largest absolute Gasteiger partial charge is 0.394 e. The molecule has 0 aromatic rings. The highest BCUT2D eigenvalue weighted by Crippen LogP contribution is 2.31. The van der Waals surface area contributed by atoms with Gasteiger partial charge in [-0.2, -0.15) is 0 Å². The van der Waals surface area contributed by atoms with Gasteiger partial charge in [0, 0.05) is 21.3 Å². The molecule has 0 saturated carbocycles. The Hall–Kier alpha value is -0.480. The summed E-state index contributed by atoms with van der Waals surface area (Å²) in [6.45, 7) is -0.600. The smallest absolute Gasteiger partial charge is 0.187 e. The molecule has 0 radical (unpaired) electrons. The van der Waals surface area contributed by atoms with Crippen LogP contribution >= 0.6 is 0 Å². The predicted octanol–water partition coefficient (Wildman–Crippen LogP) is -2.94. The minimum absolute atomic E-state index is 0.0366. The van der Waals surface area contributed by atoms with E-state index in [4.69, 9.17) is 33.7 Å². The summed E-state index contributed by atoms with van der Waals surface area (Å²) in [5.41, 5.74) is 0. The first-order chi connectivity index (χ1) is 12.9. The number of ether oxygens (including phenoxy) is 6. The van der Waals surface area contributed by atoms with Gasteiger partial charge in [0.15, 0.2) is 12.6 Å². The van der Waals surface area contributed by atoms with Gasteiger partial charge in [-0.25, -0.2) is 4.89 Å². The van der Waals surface area contributed by atoms with Crippen LogP contribution in [0.2, 0.25) is 0 Å². The molecule has 0 aromatic heterocycles. The molecular formula is C15H28O12. The van der Waals surface area contributed by atoms with Gasteiger partial charge in [0.1, 0.15) is 48.8 Å². The highest BCUT2D eigenvalue weighted by atomic mass is 17.1. The van der Waals surface area contributed by atoms with Crippen LogP contribution in [0.15, 0.2) is 0 Å². The van der Waals surface area contributed by atoms with Crippen LogP contribution in [0.5, 0.6) is 0 Å². The molecule has 0 spiro atoms. The molecule has 160 valence electrons. The van der Waals surface area contributed by atoms with Gasteiger partial charge in [-0.05, 0) is 0 Å². The van der Waals surface area contributed by atoms with Crippen LogP contribution < -0.4 is 0 Å². The molecule has 0 aliphatic carbocycles. The fraction of sp³-hybridized carbons (Fsp3) is 1.00. The molecule has 2 rings (SSSR count). The van der Waals surface area contributed by atoms with E-state index in [0.29, 0.717) is 0 Å². The average molecular weight is 400 g/mol. The highest BCUT2D eigenvalue weighted by molar-refractivity contribution is 4.95. The summed E-state index contributed by atoms with van der Waals surface area (Å²) in [6, 6.07) is 0. The molecule has 2 aliphatic heterocycles. The van der Waals surface area contributed by atoms with Crippen molar-refractivity contribution in [2.24, 2.45) is 0 Å². The third kappa shape index (κ3) is 4.75. The van der Waals surface area contributed by atoms with Crippen LogP contribution in [0.1, 0.15) is 0 Å². The molecule has 27 heavy (non-hydrogen) atoms. The molecule has 0 aromatic carbocycles. The normalized spacial score (nSPS) is 45.8. The number of aliphatic hydroxyl groups is 4.